The van der Waals surface area contributed by atoms with E-state index in [0.717, 1.165) is 18.9 Å². The van der Waals surface area contributed by atoms with Crippen molar-refractivity contribution in [2.24, 2.45) is 11.5 Å². The summed E-state index contributed by atoms with van der Waals surface area (Å²) in [6.07, 6.45) is 4.62. The molecule has 0 aliphatic heterocycles. The third-order valence-electron chi connectivity index (χ3n) is 1.82. The Hall–Kier alpha value is -0.432. The normalized spacial score (nSPS) is 18.1. The molecule has 0 spiro atoms. The average Bonchev–Trinajstić information content (AvgIpc) is 2.22. The SMILES string of the molecule is N[C-]1CCCC[C@H]1N.O=C(O)CCl.O=[N+]([O-])O.[Pt]. The Balaban J connectivity index is -0.000000198. The topological polar surface area (TPSA) is 153 Å². The number of hydrogen-bond donors (Lipinski definition) is 4. The van der Waals surface area contributed by atoms with Crippen LogP contribution in [0.3, 0.4) is 0 Å². The number of rotatable bonds is 1. The summed E-state index contributed by atoms with van der Waals surface area (Å²) in [4.78, 5) is 17.6. The maximum Gasteiger partial charge on any atom is 0.318 e. The zero-order chi connectivity index (χ0) is 13.8. The van der Waals surface area contributed by atoms with Crippen LogP contribution in [0.5, 0.6) is 0 Å². The van der Waals surface area contributed by atoms with Crippen LogP contribution in [0.1, 0.15) is 25.7 Å². The molecule has 6 N–H and O–H groups in total. The van der Waals surface area contributed by atoms with Crippen molar-refractivity contribution in [3.63, 3.8) is 0 Å². The first-order valence-electron chi connectivity index (χ1n) is 4.79. The molecule has 112 valence electrons. The van der Waals surface area contributed by atoms with Gasteiger partial charge in [0.2, 0.25) is 0 Å². The summed E-state index contributed by atoms with van der Waals surface area (Å²) in [5.74, 6) is -1.29. The molecule has 1 atom stereocenters. The molecule has 1 rings (SSSR count). The molecule has 0 unspecified atom stereocenters. The fraction of sp³-hybridized carbons (Fsp3) is 0.750. The van der Waals surface area contributed by atoms with Crippen LogP contribution in [-0.4, -0.2) is 33.3 Å². The van der Waals surface area contributed by atoms with Gasteiger partial charge in [0.05, 0.1) is 0 Å². The van der Waals surface area contributed by atoms with Gasteiger partial charge in [-0.3, -0.25) is 4.79 Å². The molecular weight excluding hydrogens is 449 g/mol. The fourth-order valence-electron chi connectivity index (χ4n) is 1.06. The standard InChI is InChI=1S/C6H13N2.C2H3ClO2.HNO3.Pt/c7-5-3-1-2-4-6(5)8;3-1-2(4)5;2-1(3)4;/h5H,1-4,7-8H2;1H2,(H,4,5);(H,2,3,4);/q-1;;;/t5-;;;/m1.../s1. The van der Waals surface area contributed by atoms with Crippen LogP contribution in [0.25, 0.3) is 0 Å². The first kappa shape index (κ1) is 22.7. The number of halogens is 1. The molecule has 0 bridgehead atoms. The second kappa shape index (κ2) is 14.6. The van der Waals surface area contributed by atoms with Crippen molar-refractivity contribution in [3.8, 4) is 0 Å². The number of carboxylic acids is 1. The van der Waals surface area contributed by atoms with Gasteiger partial charge in [0.25, 0.3) is 5.09 Å². The van der Waals surface area contributed by atoms with E-state index >= 15 is 0 Å². The van der Waals surface area contributed by atoms with Gasteiger partial charge in [-0.2, -0.15) is 6.42 Å². The quantitative estimate of drug-likeness (QED) is 0.188. The Morgan fingerprint density at radius 2 is 1.94 bits per heavy atom. The van der Waals surface area contributed by atoms with Crippen LogP contribution in [0.4, 0.5) is 0 Å². The summed E-state index contributed by atoms with van der Waals surface area (Å²) in [6, 6.07) is 1.19. The van der Waals surface area contributed by atoms with Crippen molar-refractivity contribution in [1.82, 2.24) is 0 Å². The van der Waals surface area contributed by atoms with Gasteiger partial charge >= 0.3 is 5.97 Å². The molecule has 0 amide bonds. The zero-order valence-corrected chi connectivity index (χ0v) is 12.6. The molecule has 1 aliphatic carbocycles. The summed E-state index contributed by atoms with van der Waals surface area (Å²) >= 11 is 4.74. The Morgan fingerprint density at radius 1 is 1.56 bits per heavy atom. The van der Waals surface area contributed by atoms with E-state index in [-0.39, 0.29) is 33.0 Å². The largest absolute Gasteiger partial charge is 0.480 e. The molecule has 0 aromatic heterocycles. The number of hydrogen-bond acceptors (Lipinski definition) is 5. The zero-order valence-electron chi connectivity index (χ0n) is 9.53. The molecule has 10 heteroatoms. The van der Waals surface area contributed by atoms with E-state index in [9.17, 15) is 4.79 Å². The Morgan fingerprint density at radius 3 is 2.11 bits per heavy atom. The minimum Gasteiger partial charge on any atom is -0.480 e. The van der Waals surface area contributed by atoms with Gasteiger partial charge in [-0.25, -0.2) is 6.04 Å². The van der Waals surface area contributed by atoms with Crippen LogP contribution < -0.4 is 11.5 Å². The van der Waals surface area contributed by atoms with E-state index in [1.54, 1.807) is 0 Å². The number of carbonyl (C=O) groups is 1. The molecule has 1 saturated carbocycles. The van der Waals surface area contributed by atoms with E-state index < -0.39 is 11.1 Å². The van der Waals surface area contributed by atoms with Crippen LogP contribution in [0.15, 0.2) is 0 Å². The van der Waals surface area contributed by atoms with Crippen LogP contribution >= 0.6 is 11.6 Å². The molecular formula is C8H17ClN3O5Pt-. The molecule has 1 aliphatic rings. The van der Waals surface area contributed by atoms with Crippen LogP contribution in [-0.2, 0) is 25.9 Å². The minimum atomic E-state index is -1.50. The number of carboxylic acid groups (broad SMARTS) is 1. The summed E-state index contributed by atoms with van der Waals surface area (Å²) in [6.45, 7) is 0. The van der Waals surface area contributed by atoms with Crippen molar-refractivity contribution >= 4 is 17.6 Å². The number of nitrogens with two attached hydrogens (primary N) is 2. The van der Waals surface area contributed by atoms with E-state index in [0.29, 0.717) is 0 Å². The molecule has 0 aromatic rings. The van der Waals surface area contributed by atoms with E-state index in [1.807, 2.05) is 0 Å². The second-order valence-corrected chi connectivity index (χ2v) is 3.46. The van der Waals surface area contributed by atoms with Gasteiger partial charge in [-0.15, -0.1) is 27.8 Å². The first-order chi connectivity index (χ1) is 7.81. The molecule has 0 aromatic carbocycles. The fourth-order valence-corrected chi connectivity index (χ4v) is 1.06. The number of nitrogens with zero attached hydrogens (tertiary/aromatic N) is 1. The molecule has 18 heavy (non-hydrogen) atoms. The third-order valence-corrected chi connectivity index (χ3v) is 2.05. The predicted molar refractivity (Wildman–Crippen MR) is 61.0 cm³/mol. The van der Waals surface area contributed by atoms with Gasteiger partial charge in [0.1, 0.15) is 5.88 Å². The molecule has 8 nitrogen and oxygen atoms in total. The van der Waals surface area contributed by atoms with Crippen molar-refractivity contribution < 1.29 is 41.3 Å². The third kappa shape index (κ3) is 20.9. The van der Waals surface area contributed by atoms with Gasteiger partial charge in [0.15, 0.2) is 0 Å². The maximum absolute atomic E-state index is 9.24. The Kier molecular flexibility index (Phi) is 18.5. The minimum absolute atomic E-state index is 0. The summed E-state index contributed by atoms with van der Waals surface area (Å²) in [5, 5.41) is 21.2. The molecule has 0 heterocycles. The van der Waals surface area contributed by atoms with E-state index in [1.165, 1.54) is 12.8 Å². The van der Waals surface area contributed by atoms with E-state index in [4.69, 9.17) is 43.5 Å². The monoisotopic (exact) mass is 465 g/mol. The van der Waals surface area contributed by atoms with Gasteiger partial charge in [-0.05, 0) is 0 Å². The molecule has 0 radical (unpaired) electrons. The summed E-state index contributed by atoms with van der Waals surface area (Å²) in [7, 11) is 0. The van der Waals surface area contributed by atoms with Crippen molar-refractivity contribution in [1.29, 1.82) is 0 Å². The Labute approximate surface area is 124 Å². The Bertz CT molecular complexity index is 221. The number of alkyl halides is 1. The predicted octanol–water partition coefficient (Wildman–Crippen LogP) is 0.338. The summed E-state index contributed by atoms with van der Waals surface area (Å²) in [5.41, 5.74) is 11.2. The second-order valence-electron chi connectivity index (χ2n) is 3.19. The number of aliphatic carboxylic acids is 1. The van der Waals surface area contributed by atoms with Gasteiger partial charge in [0, 0.05) is 21.1 Å². The molecule has 1 fully saturated rings. The smallest absolute Gasteiger partial charge is 0.318 e. The van der Waals surface area contributed by atoms with Crippen LogP contribution in [0.2, 0.25) is 0 Å². The van der Waals surface area contributed by atoms with Crippen molar-refractivity contribution in [3.05, 3.63) is 16.2 Å². The maximum atomic E-state index is 9.24. The van der Waals surface area contributed by atoms with Crippen molar-refractivity contribution in [2.75, 3.05) is 5.88 Å². The van der Waals surface area contributed by atoms with Crippen molar-refractivity contribution in [2.45, 2.75) is 31.7 Å². The molecule has 0 saturated heterocycles. The summed E-state index contributed by atoms with van der Waals surface area (Å²) < 4.78 is 0. The van der Waals surface area contributed by atoms with Crippen LogP contribution in [0, 0.1) is 16.2 Å². The average molecular weight is 466 g/mol. The first-order valence-corrected chi connectivity index (χ1v) is 5.32. The van der Waals surface area contributed by atoms with Gasteiger partial charge in [-0.1, -0.05) is 19.3 Å². The van der Waals surface area contributed by atoms with E-state index in [2.05, 4.69) is 0 Å². The van der Waals surface area contributed by atoms with Gasteiger partial charge < -0.3 is 21.8 Å².